The summed E-state index contributed by atoms with van der Waals surface area (Å²) >= 11 is -2.77. The second kappa shape index (κ2) is 14.5. The van der Waals surface area contributed by atoms with Crippen LogP contribution in [0.3, 0.4) is 0 Å². The third kappa shape index (κ3) is 10.1. The van der Waals surface area contributed by atoms with Crippen molar-refractivity contribution in [3.63, 3.8) is 0 Å². The summed E-state index contributed by atoms with van der Waals surface area (Å²) in [4.78, 5) is 40.4. The Morgan fingerprint density at radius 3 is 2.44 bits per heavy atom. The molecule has 3 amide bonds. The molecule has 2 unspecified atom stereocenters. The highest BCUT2D eigenvalue weighted by atomic mass is 32.2. The average Bonchev–Trinajstić information content (AvgIpc) is 3.29. The molecule has 1 aromatic carbocycles. The molecule has 1 heterocycles. The Balaban J connectivity index is 1.68. The lowest BCUT2D eigenvalue weighted by atomic mass is 9.91. The Morgan fingerprint density at radius 1 is 1.15 bits per heavy atom. The minimum absolute atomic E-state index is 0.0427. The predicted molar refractivity (Wildman–Crippen MR) is 151 cm³/mol. The molecule has 10 nitrogen and oxygen atoms in total. The van der Waals surface area contributed by atoms with Crippen LogP contribution in [0, 0.1) is 5.92 Å². The van der Waals surface area contributed by atoms with Crippen LogP contribution in [-0.4, -0.2) is 79.8 Å². The summed E-state index contributed by atoms with van der Waals surface area (Å²) in [6, 6.07) is 5.08. The van der Waals surface area contributed by atoms with Gasteiger partial charge in [-0.15, -0.1) is 0 Å². The van der Waals surface area contributed by atoms with Crippen LogP contribution in [0.1, 0.15) is 58.4 Å². The normalized spacial score (nSPS) is 21.6. The van der Waals surface area contributed by atoms with Crippen molar-refractivity contribution in [2.24, 2.45) is 5.92 Å². The molecule has 4 atom stereocenters. The fraction of sp³-hybridized carbons (Fsp3) is 0.667. The lowest BCUT2D eigenvalue weighted by Gasteiger charge is -2.28. The molecular weight excluding hydrogens is 542 g/mol. The van der Waals surface area contributed by atoms with E-state index in [-0.39, 0.29) is 23.9 Å². The number of hydrogen-bond acceptors (Lipinski definition) is 7. The Hall–Kier alpha value is -2.15. The van der Waals surface area contributed by atoms with Crippen molar-refractivity contribution >= 4 is 40.3 Å². The first-order chi connectivity index (χ1) is 18.4. The number of amides is 3. The Bertz CT molecular complexity index is 967. The van der Waals surface area contributed by atoms with Gasteiger partial charge in [0.15, 0.2) is 18.0 Å². The molecule has 218 valence electrons. The molecule has 39 heavy (non-hydrogen) atoms. The van der Waals surface area contributed by atoms with Crippen LogP contribution in [0.15, 0.2) is 24.3 Å². The van der Waals surface area contributed by atoms with Gasteiger partial charge in [0.1, 0.15) is 28.6 Å². The van der Waals surface area contributed by atoms with Gasteiger partial charge in [0.05, 0.1) is 7.11 Å². The van der Waals surface area contributed by atoms with E-state index in [0.29, 0.717) is 17.4 Å². The van der Waals surface area contributed by atoms with Crippen molar-refractivity contribution in [1.29, 1.82) is 0 Å². The van der Waals surface area contributed by atoms with Crippen LogP contribution in [0.5, 0.6) is 5.75 Å². The van der Waals surface area contributed by atoms with Gasteiger partial charge >= 0.3 is 6.09 Å². The molecule has 0 radical (unpaired) electrons. The number of nitrogens with one attached hydrogen (secondary N) is 2. The fourth-order valence-corrected chi connectivity index (χ4v) is 7.64. The number of hydrogen-bond donors (Lipinski definition) is 2. The second-order valence-corrected chi connectivity index (χ2v) is 14.1. The molecule has 2 N–H and O–H groups in total. The molecule has 1 aromatic rings. The van der Waals surface area contributed by atoms with Gasteiger partial charge in [0.25, 0.3) is 0 Å². The van der Waals surface area contributed by atoms with Crippen molar-refractivity contribution in [2.45, 2.75) is 77.1 Å². The highest BCUT2D eigenvalue weighted by Crippen LogP contribution is 2.25. The van der Waals surface area contributed by atoms with Crippen molar-refractivity contribution in [3.05, 3.63) is 29.8 Å². The van der Waals surface area contributed by atoms with E-state index >= 15 is 0 Å². The minimum Gasteiger partial charge on any atom is -0.616 e. The maximum absolute atomic E-state index is 13.3. The maximum Gasteiger partial charge on any atom is 0.414 e. The molecule has 0 bridgehead atoms. The topological polar surface area (TPSA) is 143 Å². The van der Waals surface area contributed by atoms with E-state index in [1.807, 2.05) is 12.1 Å². The van der Waals surface area contributed by atoms with Crippen molar-refractivity contribution in [3.8, 4) is 5.75 Å². The Morgan fingerprint density at radius 2 is 1.82 bits per heavy atom. The van der Waals surface area contributed by atoms with Crippen molar-refractivity contribution in [2.75, 3.05) is 30.2 Å². The summed E-state index contributed by atoms with van der Waals surface area (Å²) in [5.41, 5.74) is 0.0436. The van der Waals surface area contributed by atoms with E-state index in [9.17, 15) is 23.5 Å². The fourth-order valence-electron chi connectivity index (χ4n) is 4.66. The van der Waals surface area contributed by atoms with Crippen molar-refractivity contribution < 1.29 is 33.0 Å². The van der Waals surface area contributed by atoms with Gasteiger partial charge in [-0.1, -0.05) is 42.6 Å². The number of carbonyl (C=O) groups excluding carboxylic acids is 3. The quantitative estimate of drug-likeness (QED) is 0.403. The number of carbonyl (C=O) groups is 3. The van der Waals surface area contributed by atoms with Gasteiger partial charge < -0.3 is 29.2 Å². The summed E-state index contributed by atoms with van der Waals surface area (Å²) in [6.07, 6.45) is 4.71. The summed E-state index contributed by atoms with van der Waals surface area (Å²) in [6.45, 7) is 5.33. The lowest BCUT2D eigenvalue weighted by molar-refractivity contribution is -0.130. The first kappa shape index (κ1) is 31.4. The SMILES string of the molecule is COc1ccc(CNC(=O)[C@H](C[S+]([O-])CC2CCCCC2)NC(=O)[C@@H]2C[S+]([O-])CN2C(=O)OC(C)(C)C)cc1. The van der Waals surface area contributed by atoms with Crippen LogP contribution in [0.2, 0.25) is 0 Å². The monoisotopic (exact) mass is 583 g/mol. The molecule has 3 rings (SSSR count). The molecule has 1 aliphatic carbocycles. The zero-order valence-electron chi connectivity index (χ0n) is 23.2. The predicted octanol–water partition coefficient (Wildman–Crippen LogP) is 2.45. The molecule has 12 heteroatoms. The van der Waals surface area contributed by atoms with Gasteiger partial charge in [-0.25, -0.2) is 9.69 Å². The van der Waals surface area contributed by atoms with Crippen molar-refractivity contribution in [1.82, 2.24) is 15.5 Å². The zero-order valence-corrected chi connectivity index (χ0v) is 24.9. The van der Waals surface area contributed by atoms with E-state index in [1.54, 1.807) is 40.0 Å². The minimum atomic E-state index is -1.43. The van der Waals surface area contributed by atoms with E-state index in [4.69, 9.17) is 9.47 Å². The van der Waals surface area contributed by atoms with Gasteiger partial charge in [-0.2, -0.15) is 0 Å². The Kier molecular flexibility index (Phi) is 11.6. The summed E-state index contributed by atoms with van der Waals surface area (Å²) in [7, 11) is 1.57. The highest BCUT2D eigenvalue weighted by molar-refractivity contribution is 7.91. The zero-order chi connectivity index (χ0) is 28.6. The number of ether oxygens (including phenoxy) is 2. The van der Waals surface area contributed by atoms with E-state index in [1.165, 1.54) is 6.42 Å². The van der Waals surface area contributed by atoms with Crippen LogP contribution in [0.25, 0.3) is 0 Å². The first-order valence-corrected chi connectivity index (χ1v) is 16.3. The molecular formula is C27H41N3O7S2. The standard InChI is InChI=1S/C27H41N3O7S2/c1-27(2,3)37-26(33)30-18-39(35)17-23(30)25(32)29-22(16-38(34)15-20-8-6-5-7-9-20)24(31)28-14-19-10-12-21(36-4)13-11-19/h10-13,20,22-23H,5-9,14-18H2,1-4H3,(H,28,31)(H,29,32)/t22-,23-,38?,39?/m0/s1. The average molecular weight is 584 g/mol. The molecule has 0 aromatic heterocycles. The van der Waals surface area contributed by atoms with Gasteiger partial charge in [0.2, 0.25) is 11.8 Å². The molecule has 1 saturated heterocycles. The second-order valence-electron chi connectivity index (χ2n) is 11.1. The van der Waals surface area contributed by atoms with Crippen LogP contribution in [0.4, 0.5) is 4.79 Å². The first-order valence-electron chi connectivity index (χ1n) is 13.4. The summed E-state index contributed by atoms with van der Waals surface area (Å²) in [5, 5.41) is 5.52. The van der Waals surface area contributed by atoms with E-state index in [2.05, 4.69) is 10.6 Å². The number of nitrogens with zero attached hydrogens (tertiary/aromatic N) is 1. The third-order valence-electron chi connectivity index (χ3n) is 6.69. The largest absolute Gasteiger partial charge is 0.616 e. The maximum atomic E-state index is 13.3. The van der Waals surface area contributed by atoms with Gasteiger partial charge in [-0.05, 0) is 62.5 Å². The van der Waals surface area contributed by atoms with E-state index < -0.39 is 57.9 Å². The van der Waals surface area contributed by atoms with Gasteiger partial charge in [-0.3, -0.25) is 9.59 Å². The summed E-state index contributed by atoms with van der Waals surface area (Å²) < 4.78 is 36.0. The highest BCUT2D eigenvalue weighted by Gasteiger charge is 2.45. The van der Waals surface area contributed by atoms with Crippen LogP contribution < -0.4 is 15.4 Å². The third-order valence-corrected chi connectivity index (χ3v) is 9.49. The Labute approximate surface area is 237 Å². The molecule has 1 aliphatic heterocycles. The van der Waals surface area contributed by atoms with Crippen LogP contribution in [-0.2, 0) is 43.2 Å². The number of methoxy groups -OCH3 is 1. The number of benzene rings is 1. The van der Waals surface area contributed by atoms with E-state index in [0.717, 1.165) is 36.1 Å². The van der Waals surface area contributed by atoms with Gasteiger partial charge in [0, 0.05) is 12.5 Å². The lowest BCUT2D eigenvalue weighted by Crippen LogP contribution is -2.56. The molecule has 2 aliphatic rings. The van der Waals surface area contributed by atoms with Crippen LogP contribution >= 0.6 is 0 Å². The molecule has 2 fully saturated rings. The summed E-state index contributed by atoms with van der Waals surface area (Å²) in [5.74, 6) is 0.194. The number of rotatable bonds is 10. The smallest absolute Gasteiger partial charge is 0.414 e. The molecule has 1 saturated carbocycles. The molecule has 0 spiro atoms.